The second kappa shape index (κ2) is 3.56. The molecule has 0 aliphatic carbocycles. The third kappa shape index (κ3) is 1.41. The lowest BCUT2D eigenvalue weighted by molar-refractivity contribution is 0.109. The maximum atomic E-state index is 11.7. The Hall–Kier alpha value is -1.42. The Balaban J connectivity index is 2.36. The molecule has 0 saturated heterocycles. The van der Waals surface area contributed by atoms with Crippen LogP contribution in [-0.4, -0.2) is 17.9 Å². The van der Waals surface area contributed by atoms with E-state index in [1.54, 1.807) is 0 Å². The molecule has 3 rings (SSSR count). The van der Waals surface area contributed by atoms with Gasteiger partial charge in [-0.1, -0.05) is 24.8 Å². The van der Waals surface area contributed by atoms with E-state index in [2.05, 4.69) is 16.9 Å². The van der Waals surface area contributed by atoms with E-state index in [9.17, 15) is 4.79 Å². The van der Waals surface area contributed by atoms with Crippen LogP contribution in [0.3, 0.4) is 0 Å². The largest absolute Gasteiger partial charge is 0.282 e. The van der Waals surface area contributed by atoms with E-state index in [0.717, 1.165) is 28.4 Å². The van der Waals surface area contributed by atoms with E-state index in [4.69, 9.17) is 0 Å². The Morgan fingerprint density at radius 1 is 1.44 bits per heavy atom. The number of hydrogen-bond donors (Lipinski definition) is 0. The molecule has 3 nitrogen and oxygen atoms in total. The number of nitrogens with zero attached hydrogens (tertiary/aromatic N) is 2. The zero-order valence-corrected chi connectivity index (χ0v) is 9.62. The van der Waals surface area contributed by atoms with Crippen molar-refractivity contribution in [2.45, 2.75) is 6.92 Å². The minimum Gasteiger partial charge on any atom is -0.282 e. The summed E-state index contributed by atoms with van der Waals surface area (Å²) < 4.78 is 0. The normalized spacial score (nSPS) is 21.8. The molecule has 0 spiro atoms. The van der Waals surface area contributed by atoms with Crippen LogP contribution < -0.4 is 10.6 Å². The number of rotatable bonds is 0. The molecule has 2 aliphatic rings. The highest BCUT2D eigenvalue weighted by molar-refractivity contribution is 8.20. The van der Waals surface area contributed by atoms with Gasteiger partial charge in [-0.15, -0.1) is 0 Å². The third-order valence-corrected chi connectivity index (χ3v) is 3.48. The molecule has 1 atom stereocenters. The topological polar surface area (TPSA) is 41.8 Å². The molecule has 0 radical (unpaired) electrons. The number of fused-ring (bicyclic) bond motifs is 3. The molecule has 2 aliphatic heterocycles. The Labute approximate surface area is 97.0 Å². The van der Waals surface area contributed by atoms with Crippen molar-refractivity contribution in [2.75, 3.05) is 6.54 Å². The Kier molecular flexibility index (Phi) is 2.17. The van der Waals surface area contributed by atoms with Gasteiger partial charge in [0.25, 0.3) is 0 Å². The summed E-state index contributed by atoms with van der Waals surface area (Å²) in [6, 6.07) is 3.89. The van der Waals surface area contributed by atoms with Crippen molar-refractivity contribution >= 4 is 34.2 Å². The number of aliphatic imine (C=N–C) groups is 1. The summed E-state index contributed by atoms with van der Waals surface area (Å²) in [6.45, 7) is 2.81. The lowest BCUT2D eigenvalue weighted by atomic mass is 10.1. The quantitative estimate of drug-likeness (QED) is 0.674. The van der Waals surface area contributed by atoms with Crippen LogP contribution in [0.4, 0.5) is 5.69 Å². The van der Waals surface area contributed by atoms with Crippen LogP contribution in [0.25, 0.3) is 5.41 Å². The molecule has 2 heterocycles. The molecule has 0 aromatic heterocycles. The van der Waals surface area contributed by atoms with Gasteiger partial charge >= 0.3 is 0 Å². The first kappa shape index (κ1) is 9.78. The van der Waals surface area contributed by atoms with Crippen LogP contribution in [0.1, 0.15) is 17.3 Å². The smallest absolute Gasteiger partial charge is 0.226 e. The average Bonchev–Trinajstić information content (AvgIpc) is 2.55. The highest BCUT2D eigenvalue weighted by atomic mass is 32.2. The zero-order chi connectivity index (χ0) is 11.1. The van der Waals surface area contributed by atoms with E-state index < -0.39 is 0 Å². The first-order valence-corrected chi connectivity index (χ1v) is 6.06. The van der Waals surface area contributed by atoms with Crippen LogP contribution >= 0.6 is 11.8 Å². The predicted molar refractivity (Wildman–Crippen MR) is 65.8 cm³/mol. The van der Waals surface area contributed by atoms with Gasteiger partial charge in [0, 0.05) is 18.7 Å². The fraction of sp³-hybridized carbons (Fsp3) is 0.250. The number of carbonyl (C=O) groups is 1. The van der Waals surface area contributed by atoms with Gasteiger partial charge < -0.3 is 0 Å². The van der Waals surface area contributed by atoms with Crippen molar-refractivity contribution < 1.29 is 4.79 Å². The molecule has 16 heavy (non-hydrogen) atoms. The van der Waals surface area contributed by atoms with Gasteiger partial charge in [-0.3, -0.25) is 14.8 Å². The van der Waals surface area contributed by atoms with Gasteiger partial charge in [-0.2, -0.15) is 0 Å². The molecule has 0 amide bonds. The van der Waals surface area contributed by atoms with E-state index in [1.807, 2.05) is 23.8 Å². The van der Waals surface area contributed by atoms with Crippen molar-refractivity contribution in [3.63, 3.8) is 0 Å². The van der Waals surface area contributed by atoms with Crippen molar-refractivity contribution in [1.82, 2.24) is 0 Å². The second-order valence-corrected chi connectivity index (χ2v) is 4.86. The number of hydrogen-bond acceptors (Lipinski definition) is 4. The fourth-order valence-electron chi connectivity index (χ4n) is 1.83. The van der Waals surface area contributed by atoms with Crippen LogP contribution in [-0.2, 0) is 0 Å². The molecule has 1 aromatic rings. The molecule has 1 aromatic carbocycles. The van der Waals surface area contributed by atoms with Gasteiger partial charge in [0.05, 0.1) is 10.9 Å². The molecule has 0 bridgehead atoms. The van der Waals surface area contributed by atoms with E-state index in [1.165, 1.54) is 11.8 Å². The molecule has 0 N–H and O–H groups in total. The fourth-order valence-corrected chi connectivity index (χ4v) is 2.60. The Morgan fingerprint density at radius 2 is 2.31 bits per heavy atom. The minimum absolute atomic E-state index is 0.0775. The molecule has 4 heteroatoms. The number of carbonyl (C=O) groups excluding carboxylic acids is 1. The summed E-state index contributed by atoms with van der Waals surface area (Å²) in [5, 5.41) is 3.76. The summed E-state index contributed by atoms with van der Waals surface area (Å²) in [4.78, 5) is 20.6. The van der Waals surface area contributed by atoms with Crippen molar-refractivity contribution in [1.29, 1.82) is 0 Å². The van der Waals surface area contributed by atoms with Crippen LogP contribution in [0.2, 0.25) is 0 Å². The predicted octanol–water partition coefficient (Wildman–Crippen LogP) is 1.28. The average molecular weight is 230 g/mol. The van der Waals surface area contributed by atoms with Gasteiger partial charge in [-0.25, -0.2) is 0 Å². The first-order chi connectivity index (χ1) is 7.75. The van der Waals surface area contributed by atoms with E-state index >= 15 is 0 Å². The lowest BCUT2D eigenvalue weighted by Gasteiger charge is -1.98. The van der Waals surface area contributed by atoms with Crippen molar-refractivity contribution in [2.24, 2.45) is 15.9 Å². The zero-order valence-electron chi connectivity index (χ0n) is 8.80. The van der Waals surface area contributed by atoms with Crippen LogP contribution in [0, 0.1) is 5.92 Å². The highest BCUT2D eigenvalue weighted by Gasteiger charge is 2.20. The lowest BCUT2D eigenvalue weighted by Crippen LogP contribution is -2.15. The summed E-state index contributed by atoms with van der Waals surface area (Å²) in [7, 11) is 0. The summed E-state index contributed by atoms with van der Waals surface area (Å²) >= 11 is 1.23. The third-order valence-electron chi connectivity index (χ3n) is 2.69. The Morgan fingerprint density at radius 3 is 3.19 bits per heavy atom. The molecule has 0 saturated carbocycles. The summed E-state index contributed by atoms with van der Waals surface area (Å²) in [6.07, 6.45) is 1.88. The minimum atomic E-state index is 0.0775. The molecular formula is C12H10N2OS. The van der Waals surface area contributed by atoms with Gasteiger partial charge in [0.15, 0.2) is 0 Å². The summed E-state index contributed by atoms with van der Waals surface area (Å²) in [5.41, 5.74) is 1.46. The summed E-state index contributed by atoms with van der Waals surface area (Å²) in [5.74, 6) is 0.330. The highest BCUT2D eigenvalue weighted by Crippen LogP contribution is 2.23. The SMILES string of the molecule is CC1C=Nc2c3c(ccc2=NC1)=CSC3=O. The number of thioether (sulfide) groups is 1. The first-order valence-electron chi connectivity index (χ1n) is 5.18. The van der Waals surface area contributed by atoms with E-state index in [-0.39, 0.29) is 5.12 Å². The maximum Gasteiger partial charge on any atom is 0.226 e. The molecular weight excluding hydrogens is 220 g/mol. The Bertz CT molecular complexity index is 619. The van der Waals surface area contributed by atoms with Crippen LogP contribution in [0.5, 0.6) is 0 Å². The standard InChI is InChI=1S/C12H10N2OS/c1-7-4-13-9-3-2-8-6-16-12(15)10(8)11(9)14-5-7/h2-3,5-7H,4H2,1H3. The van der Waals surface area contributed by atoms with Gasteiger partial charge in [-0.05, 0) is 16.7 Å². The van der Waals surface area contributed by atoms with Gasteiger partial charge in [0.1, 0.15) is 5.69 Å². The van der Waals surface area contributed by atoms with Crippen LogP contribution in [0.15, 0.2) is 22.1 Å². The number of benzene rings is 1. The van der Waals surface area contributed by atoms with Crippen molar-refractivity contribution in [3.05, 3.63) is 28.3 Å². The second-order valence-electron chi connectivity index (χ2n) is 4.02. The molecule has 80 valence electrons. The van der Waals surface area contributed by atoms with Gasteiger partial charge in [0.2, 0.25) is 5.12 Å². The monoisotopic (exact) mass is 230 g/mol. The van der Waals surface area contributed by atoms with Crippen molar-refractivity contribution in [3.8, 4) is 0 Å². The molecule has 1 unspecified atom stereocenters. The van der Waals surface area contributed by atoms with E-state index in [0.29, 0.717) is 5.92 Å². The molecule has 0 fully saturated rings. The maximum absolute atomic E-state index is 11.7.